The van der Waals surface area contributed by atoms with Gasteiger partial charge in [-0.3, -0.25) is 38.6 Å². The number of nitrogens with one attached hydrogen (secondary N) is 5. The fourth-order valence-corrected chi connectivity index (χ4v) is 6.65. The van der Waals surface area contributed by atoms with Crippen LogP contribution in [-0.2, 0) is 44.8 Å². The highest BCUT2D eigenvalue weighted by Gasteiger charge is 2.39. The molecular formula is C39H61F2N11O10. The number of primary amides is 1. The summed E-state index contributed by atoms with van der Waals surface area (Å²) in [5, 5.41) is 31.5. The molecule has 1 heterocycles. The molecule has 7 amide bonds. The van der Waals surface area contributed by atoms with Gasteiger partial charge in [0.05, 0.1) is 13.0 Å². The molecule has 0 aromatic heterocycles. The quantitative estimate of drug-likeness (QED) is 0.0272. The summed E-state index contributed by atoms with van der Waals surface area (Å²) in [5.74, 6) is -11.0. The number of carbonyl (C=O) groups is 8. The number of carbonyl (C=O) groups excluding carboxylic acids is 7. The first-order valence-electron chi connectivity index (χ1n) is 20.2. The lowest BCUT2D eigenvalue weighted by molar-refractivity contribution is -0.149. The lowest BCUT2D eigenvalue weighted by Crippen LogP contribution is -2.60. The van der Waals surface area contributed by atoms with Gasteiger partial charge in [-0.1, -0.05) is 39.8 Å². The predicted octanol–water partition coefficient (Wildman–Crippen LogP) is -2.65. The van der Waals surface area contributed by atoms with Gasteiger partial charge >= 0.3 is 5.97 Å². The molecule has 0 radical (unpaired) electrons. The van der Waals surface area contributed by atoms with Crippen LogP contribution in [0, 0.1) is 23.5 Å². The molecule has 1 fully saturated rings. The van der Waals surface area contributed by atoms with Crippen LogP contribution in [0.2, 0.25) is 0 Å². The molecular weight excluding hydrogens is 820 g/mol. The van der Waals surface area contributed by atoms with Crippen LogP contribution in [0.1, 0.15) is 78.2 Å². The summed E-state index contributed by atoms with van der Waals surface area (Å²) < 4.78 is 28.8. The second kappa shape index (κ2) is 25.1. The number of rotatable bonds is 25. The number of halogens is 2. The summed E-state index contributed by atoms with van der Waals surface area (Å²) in [6.07, 6.45) is -0.770. The molecule has 15 N–H and O–H groups in total. The Hall–Kier alpha value is -5.97. The van der Waals surface area contributed by atoms with Gasteiger partial charge in [-0.05, 0) is 62.0 Å². The molecule has 0 saturated carbocycles. The van der Waals surface area contributed by atoms with Crippen molar-refractivity contribution in [2.45, 2.75) is 121 Å². The maximum absolute atomic E-state index is 14.7. The normalized spacial score (nSPS) is 16.5. The molecule has 1 aromatic carbocycles. The van der Waals surface area contributed by atoms with Crippen LogP contribution in [0.25, 0.3) is 0 Å². The molecule has 1 aliphatic rings. The number of amides is 7. The third-order valence-electron chi connectivity index (χ3n) is 9.72. The van der Waals surface area contributed by atoms with Crippen molar-refractivity contribution in [2.75, 3.05) is 19.7 Å². The highest BCUT2D eigenvalue weighted by atomic mass is 19.2. The molecule has 1 aliphatic heterocycles. The van der Waals surface area contributed by atoms with Crippen molar-refractivity contribution in [3.63, 3.8) is 0 Å². The van der Waals surface area contributed by atoms with Crippen molar-refractivity contribution >= 4 is 53.3 Å². The third-order valence-corrected chi connectivity index (χ3v) is 9.72. The number of carboxylic acid groups (broad SMARTS) is 1. The Morgan fingerprint density at radius 3 is 1.82 bits per heavy atom. The van der Waals surface area contributed by atoms with Crippen molar-refractivity contribution in [1.29, 1.82) is 0 Å². The number of likely N-dealkylation sites (tertiary alicyclic amines) is 1. The van der Waals surface area contributed by atoms with Crippen LogP contribution in [0.3, 0.4) is 0 Å². The van der Waals surface area contributed by atoms with Gasteiger partial charge < -0.3 is 64.6 Å². The van der Waals surface area contributed by atoms with Gasteiger partial charge in [0, 0.05) is 19.5 Å². The number of aliphatic hydroxyl groups is 1. The molecule has 0 aliphatic carbocycles. The average Bonchev–Trinajstić information content (AvgIpc) is 3.69. The minimum absolute atomic E-state index is 0.00710. The summed E-state index contributed by atoms with van der Waals surface area (Å²) in [5.41, 5.74) is 21.6. The number of nitrogens with two attached hydrogens (primary N) is 4. The standard InChI is InChI=1S/C39H61F2N11O10/c1-19(2)14-25(49-35(58)26(15-20(3)4)50-36(59)27(48-32(55)23(42)18-53)16-21-8-5-9-22(40)31(21)41)34(57)47-24(10-6-12-46-39(44)45)33(56)51-28(17-30(43)54)37(60)52-13-7-11-29(52)38(61)62/h5,8-9,19-20,23-29,53H,6-7,10-18,42H2,1-4H3,(H2,43,54)(H,47,57)(H,48,55)(H,49,58)(H,50,59)(H,51,56)(H,61,62)(H4,44,45,46)/t23-,24-,25-,26-,27-,28-,29-/m0/s1. The largest absolute Gasteiger partial charge is 0.480 e. The molecule has 23 heteroatoms. The van der Waals surface area contributed by atoms with Crippen LogP contribution in [0.4, 0.5) is 8.78 Å². The van der Waals surface area contributed by atoms with Gasteiger partial charge in [0.2, 0.25) is 41.4 Å². The monoisotopic (exact) mass is 881 g/mol. The zero-order valence-electron chi connectivity index (χ0n) is 35.3. The van der Waals surface area contributed by atoms with E-state index in [1.165, 1.54) is 12.1 Å². The first-order chi connectivity index (χ1) is 29.0. The maximum Gasteiger partial charge on any atom is 0.326 e. The molecule has 21 nitrogen and oxygen atoms in total. The van der Waals surface area contributed by atoms with Gasteiger partial charge in [-0.2, -0.15) is 0 Å². The van der Waals surface area contributed by atoms with E-state index in [1.54, 1.807) is 27.7 Å². The van der Waals surface area contributed by atoms with Crippen molar-refractivity contribution < 1.29 is 57.4 Å². The van der Waals surface area contributed by atoms with Gasteiger partial charge in [0.25, 0.3) is 0 Å². The minimum atomic E-state index is -1.61. The van der Waals surface area contributed by atoms with Crippen LogP contribution in [0.5, 0.6) is 0 Å². The number of benzene rings is 1. The smallest absolute Gasteiger partial charge is 0.326 e. The summed E-state index contributed by atoms with van der Waals surface area (Å²) in [6, 6.07) is -6.77. The average molecular weight is 882 g/mol. The SMILES string of the molecule is CC(C)C[C@H](NC(=O)[C@H](CC(C)C)NC(=O)[C@H](Cc1cccc(F)c1F)NC(=O)[C@@H](N)CO)C(=O)N[C@@H](CCCN=C(N)N)C(=O)N[C@@H](CC(N)=O)C(=O)N1CCC[C@H]1C(=O)O. The Kier molecular flexibility index (Phi) is 21.1. The number of aliphatic carboxylic acids is 1. The molecule has 7 atom stereocenters. The minimum Gasteiger partial charge on any atom is -0.480 e. The Morgan fingerprint density at radius 2 is 1.31 bits per heavy atom. The first-order valence-corrected chi connectivity index (χ1v) is 20.2. The van der Waals surface area contributed by atoms with Crippen molar-refractivity contribution in [2.24, 2.45) is 39.8 Å². The van der Waals surface area contributed by atoms with Gasteiger partial charge in [0.15, 0.2) is 17.6 Å². The zero-order valence-corrected chi connectivity index (χ0v) is 35.3. The van der Waals surface area contributed by atoms with E-state index in [4.69, 9.17) is 22.9 Å². The van der Waals surface area contributed by atoms with Crippen LogP contribution >= 0.6 is 0 Å². The summed E-state index contributed by atoms with van der Waals surface area (Å²) in [7, 11) is 0. The Labute approximate surface area is 357 Å². The topological polar surface area (TPSA) is 357 Å². The summed E-state index contributed by atoms with van der Waals surface area (Å²) in [4.78, 5) is 110. The molecule has 346 valence electrons. The Balaban J connectivity index is 2.42. The first kappa shape index (κ1) is 52.2. The van der Waals surface area contributed by atoms with Gasteiger partial charge in [0.1, 0.15) is 42.3 Å². The molecule has 0 unspecified atom stereocenters. The van der Waals surface area contributed by atoms with E-state index in [0.29, 0.717) is 6.42 Å². The van der Waals surface area contributed by atoms with Crippen LogP contribution < -0.4 is 49.5 Å². The van der Waals surface area contributed by atoms with E-state index in [0.717, 1.165) is 11.0 Å². The summed E-state index contributed by atoms with van der Waals surface area (Å²) in [6.45, 7) is 6.23. The second-order valence-electron chi connectivity index (χ2n) is 15.9. The number of aliphatic hydroxyl groups excluding tert-OH is 1. The molecule has 62 heavy (non-hydrogen) atoms. The van der Waals surface area contributed by atoms with Crippen molar-refractivity contribution in [3.05, 3.63) is 35.4 Å². The number of hydrogen-bond acceptors (Lipinski definition) is 11. The predicted molar refractivity (Wildman–Crippen MR) is 220 cm³/mol. The number of nitrogens with zero attached hydrogens (tertiary/aromatic N) is 2. The number of aliphatic imine (C=N–C) groups is 1. The van der Waals surface area contributed by atoms with Crippen LogP contribution in [0.15, 0.2) is 23.2 Å². The Morgan fingerprint density at radius 1 is 0.790 bits per heavy atom. The van der Waals surface area contributed by atoms with E-state index in [9.17, 15) is 57.4 Å². The fourth-order valence-electron chi connectivity index (χ4n) is 6.65. The molecule has 0 spiro atoms. The van der Waals surface area contributed by atoms with Crippen molar-refractivity contribution in [3.8, 4) is 0 Å². The maximum atomic E-state index is 14.7. The Bertz CT molecular complexity index is 1800. The van der Waals surface area contributed by atoms with Crippen molar-refractivity contribution in [1.82, 2.24) is 31.5 Å². The molecule has 2 rings (SSSR count). The molecule has 1 saturated heterocycles. The number of hydrogen-bond donors (Lipinski definition) is 11. The zero-order chi connectivity index (χ0) is 46.8. The highest BCUT2D eigenvalue weighted by Crippen LogP contribution is 2.20. The van der Waals surface area contributed by atoms with E-state index in [-0.39, 0.29) is 68.6 Å². The van der Waals surface area contributed by atoms with E-state index >= 15 is 0 Å². The van der Waals surface area contributed by atoms with Gasteiger partial charge in [-0.25, -0.2) is 13.6 Å². The summed E-state index contributed by atoms with van der Waals surface area (Å²) >= 11 is 0. The fraction of sp³-hybridized carbons (Fsp3) is 0.615. The van der Waals surface area contributed by atoms with Crippen LogP contribution in [-0.4, -0.2) is 130 Å². The van der Waals surface area contributed by atoms with Gasteiger partial charge in [-0.15, -0.1) is 0 Å². The van der Waals surface area contributed by atoms with E-state index in [1.807, 2.05) is 0 Å². The lowest BCUT2D eigenvalue weighted by atomic mass is 9.98. The molecule has 1 aromatic rings. The second-order valence-corrected chi connectivity index (χ2v) is 15.9. The van der Waals surface area contributed by atoms with E-state index < -0.39 is 121 Å². The van der Waals surface area contributed by atoms with E-state index in [2.05, 4.69) is 31.6 Å². The third kappa shape index (κ3) is 16.8. The number of carboxylic acids is 1. The molecule has 0 bridgehead atoms. The lowest BCUT2D eigenvalue weighted by Gasteiger charge is -2.29. The number of guanidine groups is 1. The highest BCUT2D eigenvalue weighted by molar-refractivity contribution is 5.98.